The summed E-state index contributed by atoms with van der Waals surface area (Å²) in [7, 11) is 0. The molecule has 0 amide bonds. The minimum Gasteiger partial charge on any atom is -0.459 e. The summed E-state index contributed by atoms with van der Waals surface area (Å²) in [6, 6.07) is 6.12. The second-order valence-electron chi connectivity index (χ2n) is 4.34. The van der Waals surface area contributed by atoms with Crippen molar-refractivity contribution in [1.29, 1.82) is 0 Å². The molecule has 0 saturated carbocycles. The molecule has 0 fully saturated rings. The molecule has 0 aliphatic carbocycles. The molecule has 0 aliphatic heterocycles. The predicted octanol–water partition coefficient (Wildman–Crippen LogP) is 4.75. The first kappa shape index (κ1) is 12.8. The van der Waals surface area contributed by atoms with Crippen LogP contribution in [0.5, 0.6) is 0 Å². The molecule has 0 saturated heterocycles. The van der Waals surface area contributed by atoms with Crippen LogP contribution in [-0.4, -0.2) is 0 Å². The van der Waals surface area contributed by atoms with Crippen LogP contribution in [0.4, 0.5) is 4.39 Å². The van der Waals surface area contributed by atoms with Crippen LogP contribution in [-0.2, 0) is 0 Å². The first-order valence-electron chi connectivity index (χ1n) is 5.75. The zero-order valence-electron chi connectivity index (χ0n) is 10.1. The van der Waals surface area contributed by atoms with E-state index in [1.165, 1.54) is 12.1 Å². The summed E-state index contributed by atoms with van der Waals surface area (Å²) in [5, 5.41) is 2.75. The molecule has 0 radical (unpaired) electrons. The molecule has 0 spiro atoms. The van der Waals surface area contributed by atoms with Crippen molar-refractivity contribution in [1.82, 2.24) is 0 Å². The van der Waals surface area contributed by atoms with Gasteiger partial charge in [0.2, 0.25) is 0 Å². The predicted molar refractivity (Wildman–Crippen MR) is 79.0 cm³/mol. The zero-order valence-corrected chi connectivity index (χ0v) is 12.5. The maximum atomic E-state index is 13.3. The van der Waals surface area contributed by atoms with Gasteiger partial charge in [-0.25, -0.2) is 4.39 Å². The number of hydrogen-bond acceptors (Lipinski definition) is 3. The number of fused-ring (bicyclic) bond motifs is 1. The highest BCUT2D eigenvalue weighted by atomic mass is 79.9. The van der Waals surface area contributed by atoms with Crippen LogP contribution < -0.4 is 5.73 Å². The Bertz CT molecular complexity index is 749. The highest BCUT2D eigenvalue weighted by molar-refractivity contribution is 9.10. The second kappa shape index (κ2) is 4.74. The molecular formula is C14H11BrFNOS. The molecular weight excluding hydrogens is 329 g/mol. The van der Waals surface area contributed by atoms with Crippen molar-refractivity contribution in [3.05, 3.63) is 56.1 Å². The summed E-state index contributed by atoms with van der Waals surface area (Å²) in [4.78, 5) is 1.00. The summed E-state index contributed by atoms with van der Waals surface area (Å²) in [5.41, 5.74) is 7.81. The van der Waals surface area contributed by atoms with Crippen LogP contribution in [0.1, 0.15) is 22.2 Å². The molecule has 1 unspecified atom stereocenters. The summed E-state index contributed by atoms with van der Waals surface area (Å²) in [5.74, 6) is 0.414. The Morgan fingerprint density at radius 3 is 2.84 bits per heavy atom. The van der Waals surface area contributed by atoms with Gasteiger partial charge in [0, 0.05) is 20.3 Å². The Kier molecular flexibility index (Phi) is 3.20. The number of rotatable bonds is 2. The lowest BCUT2D eigenvalue weighted by atomic mass is 10.1. The third-order valence-corrected chi connectivity index (χ3v) is 5.10. The largest absolute Gasteiger partial charge is 0.459 e. The van der Waals surface area contributed by atoms with Gasteiger partial charge < -0.3 is 10.2 Å². The number of halogens is 2. The van der Waals surface area contributed by atoms with Crippen LogP contribution in [0.25, 0.3) is 11.0 Å². The lowest BCUT2D eigenvalue weighted by molar-refractivity contribution is 0.523. The Labute approximate surface area is 122 Å². The van der Waals surface area contributed by atoms with Gasteiger partial charge >= 0.3 is 0 Å². The SMILES string of the molecule is Cc1c(C(N)c2sccc2Br)oc2ccc(F)cc12. The van der Waals surface area contributed by atoms with Gasteiger partial charge in [-0.2, -0.15) is 0 Å². The number of furan rings is 1. The van der Waals surface area contributed by atoms with Crippen molar-refractivity contribution in [2.24, 2.45) is 5.73 Å². The number of nitrogens with two attached hydrogens (primary N) is 1. The molecule has 0 aliphatic rings. The van der Waals surface area contributed by atoms with Gasteiger partial charge in [-0.1, -0.05) is 0 Å². The minimum absolute atomic E-state index is 0.270. The molecule has 19 heavy (non-hydrogen) atoms. The van der Waals surface area contributed by atoms with Gasteiger partial charge in [0.25, 0.3) is 0 Å². The molecule has 3 aromatic rings. The maximum absolute atomic E-state index is 13.3. The van der Waals surface area contributed by atoms with Gasteiger partial charge in [-0.05, 0) is 52.5 Å². The van der Waals surface area contributed by atoms with E-state index < -0.39 is 0 Å². The van der Waals surface area contributed by atoms with Crippen LogP contribution in [0, 0.1) is 12.7 Å². The van der Waals surface area contributed by atoms with Crippen molar-refractivity contribution in [2.75, 3.05) is 0 Å². The Morgan fingerprint density at radius 1 is 1.37 bits per heavy atom. The third kappa shape index (κ3) is 2.12. The fourth-order valence-corrected chi connectivity index (χ4v) is 3.77. The number of benzene rings is 1. The van der Waals surface area contributed by atoms with Gasteiger partial charge in [0.1, 0.15) is 17.2 Å². The maximum Gasteiger partial charge on any atom is 0.134 e. The van der Waals surface area contributed by atoms with Gasteiger partial charge in [-0.3, -0.25) is 0 Å². The number of thiophene rings is 1. The van der Waals surface area contributed by atoms with E-state index in [0.29, 0.717) is 11.3 Å². The Hall–Kier alpha value is -1.17. The van der Waals surface area contributed by atoms with Gasteiger partial charge in [0.05, 0.1) is 6.04 Å². The van der Waals surface area contributed by atoms with E-state index in [9.17, 15) is 4.39 Å². The van der Waals surface area contributed by atoms with Crippen molar-refractivity contribution >= 4 is 38.2 Å². The number of aryl methyl sites for hydroxylation is 1. The van der Waals surface area contributed by atoms with Crippen LogP contribution in [0.2, 0.25) is 0 Å². The minimum atomic E-state index is -0.343. The molecule has 5 heteroatoms. The van der Waals surface area contributed by atoms with Crippen LogP contribution in [0.15, 0.2) is 38.5 Å². The molecule has 1 aromatic carbocycles. The van der Waals surface area contributed by atoms with Crippen molar-refractivity contribution < 1.29 is 8.81 Å². The zero-order chi connectivity index (χ0) is 13.6. The first-order valence-corrected chi connectivity index (χ1v) is 7.42. The van der Waals surface area contributed by atoms with E-state index in [0.717, 1.165) is 20.3 Å². The molecule has 2 N–H and O–H groups in total. The van der Waals surface area contributed by atoms with E-state index >= 15 is 0 Å². The summed E-state index contributed by atoms with van der Waals surface area (Å²) >= 11 is 5.04. The normalized spacial score (nSPS) is 13.1. The van der Waals surface area contributed by atoms with Crippen LogP contribution >= 0.6 is 27.3 Å². The summed E-state index contributed by atoms with van der Waals surface area (Å²) in [6.07, 6.45) is 0. The average Bonchev–Trinajstić information content (AvgIpc) is 2.94. The van der Waals surface area contributed by atoms with E-state index in [2.05, 4.69) is 15.9 Å². The molecule has 2 heterocycles. The summed E-state index contributed by atoms with van der Waals surface area (Å²) in [6.45, 7) is 1.90. The molecule has 2 nitrogen and oxygen atoms in total. The lowest BCUT2D eigenvalue weighted by Gasteiger charge is -2.08. The molecule has 2 aromatic heterocycles. The first-order chi connectivity index (χ1) is 9.08. The fourth-order valence-electron chi connectivity index (χ4n) is 2.16. The van der Waals surface area contributed by atoms with E-state index in [4.69, 9.17) is 10.2 Å². The molecule has 1 atom stereocenters. The lowest BCUT2D eigenvalue weighted by Crippen LogP contribution is -2.10. The van der Waals surface area contributed by atoms with Gasteiger partial charge in [-0.15, -0.1) is 11.3 Å². The standard InChI is InChI=1S/C14H11BrFNOS/c1-7-9-6-8(16)2-3-11(9)18-13(7)12(17)14-10(15)4-5-19-14/h2-6,12H,17H2,1H3. The topological polar surface area (TPSA) is 39.2 Å². The van der Waals surface area contributed by atoms with Crippen molar-refractivity contribution in [2.45, 2.75) is 13.0 Å². The third-order valence-electron chi connectivity index (χ3n) is 3.14. The van der Waals surface area contributed by atoms with E-state index in [1.54, 1.807) is 17.4 Å². The highest BCUT2D eigenvalue weighted by Crippen LogP contribution is 2.36. The molecule has 98 valence electrons. The Balaban J connectivity index is 2.15. The van der Waals surface area contributed by atoms with Crippen molar-refractivity contribution in [3.63, 3.8) is 0 Å². The molecule has 0 bridgehead atoms. The fraction of sp³-hybridized carbons (Fsp3) is 0.143. The second-order valence-corrected chi connectivity index (χ2v) is 6.14. The van der Waals surface area contributed by atoms with E-state index in [-0.39, 0.29) is 11.9 Å². The smallest absolute Gasteiger partial charge is 0.134 e. The molecule has 3 rings (SSSR count). The quantitative estimate of drug-likeness (QED) is 0.731. The van der Waals surface area contributed by atoms with Gasteiger partial charge in [0.15, 0.2) is 0 Å². The monoisotopic (exact) mass is 339 g/mol. The Morgan fingerprint density at radius 2 is 2.16 bits per heavy atom. The summed E-state index contributed by atoms with van der Waals surface area (Å²) < 4.78 is 20.0. The average molecular weight is 340 g/mol. The number of hydrogen-bond donors (Lipinski definition) is 1. The van der Waals surface area contributed by atoms with Crippen LogP contribution in [0.3, 0.4) is 0 Å². The highest BCUT2D eigenvalue weighted by Gasteiger charge is 2.21. The van der Waals surface area contributed by atoms with E-state index in [1.807, 2.05) is 18.4 Å². The van der Waals surface area contributed by atoms with Crippen molar-refractivity contribution in [3.8, 4) is 0 Å².